The van der Waals surface area contributed by atoms with E-state index in [-0.39, 0.29) is 17.5 Å². The average Bonchev–Trinajstić information content (AvgIpc) is 3.02. The van der Waals surface area contributed by atoms with Crippen LogP contribution in [0.2, 0.25) is 0 Å². The molecule has 9 heteroatoms. The first-order chi connectivity index (χ1) is 14.5. The molecule has 3 aromatic rings. The number of nitrogens with zero attached hydrogens (tertiary/aromatic N) is 5. The number of benzene rings is 1. The summed E-state index contributed by atoms with van der Waals surface area (Å²) in [6, 6.07) is 6.25. The van der Waals surface area contributed by atoms with Crippen LogP contribution in [0, 0.1) is 12.4 Å². The summed E-state index contributed by atoms with van der Waals surface area (Å²) in [5, 5.41) is 3.13. The Morgan fingerprint density at radius 3 is 2.87 bits per heavy atom. The summed E-state index contributed by atoms with van der Waals surface area (Å²) in [6.45, 7) is 7.46. The van der Waals surface area contributed by atoms with Gasteiger partial charge in [-0.2, -0.15) is 0 Å². The fourth-order valence-electron chi connectivity index (χ4n) is 3.36. The van der Waals surface area contributed by atoms with E-state index >= 15 is 0 Å². The van der Waals surface area contributed by atoms with Gasteiger partial charge in [0.25, 0.3) is 11.7 Å². The highest BCUT2D eigenvalue weighted by Crippen LogP contribution is 2.35. The van der Waals surface area contributed by atoms with Gasteiger partial charge in [0, 0.05) is 7.05 Å². The molecule has 0 bridgehead atoms. The lowest BCUT2D eigenvalue weighted by Crippen LogP contribution is -2.18. The topological polar surface area (TPSA) is 84.6 Å². The molecule has 30 heavy (non-hydrogen) atoms. The van der Waals surface area contributed by atoms with Crippen molar-refractivity contribution in [2.75, 3.05) is 19.5 Å². The molecule has 1 aliphatic rings. The summed E-state index contributed by atoms with van der Waals surface area (Å²) < 4.78 is 19.3. The van der Waals surface area contributed by atoms with Crippen LogP contribution in [0.15, 0.2) is 36.7 Å². The van der Waals surface area contributed by atoms with E-state index in [1.165, 1.54) is 19.4 Å². The second kappa shape index (κ2) is 7.75. The minimum Gasteiger partial charge on any atom is -0.492 e. The van der Waals surface area contributed by atoms with Crippen LogP contribution >= 0.6 is 0 Å². The summed E-state index contributed by atoms with van der Waals surface area (Å²) in [6.07, 6.45) is 3.30. The number of pyridine rings is 1. The summed E-state index contributed by atoms with van der Waals surface area (Å²) in [4.78, 5) is 30.4. The number of hydrogen-bond donors (Lipinski definition) is 1. The Balaban J connectivity index is 1.77. The molecular formula is C21H17FN6O2. The molecule has 0 radical (unpaired) electrons. The van der Waals surface area contributed by atoms with E-state index in [4.69, 9.17) is 11.3 Å². The fraction of sp³-hybridized carbons (Fsp3) is 0.190. The van der Waals surface area contributed by atoms with Gasteiger partial charge in [-0.05, 0) is 18.2 Å². The number of fused-ring (bicyclic) bond motifs is 1. The first-order valence-corrected chi connectivity index (χ1v) is 9.06. The molecule has 0 spiro atoms. The number of halogens is 1. The third-order valence-corrected chi connectivity index (χ3v) is 4.68. The van der Waals surface area contributed by atoms with Crippen molar-refractivity contribution in [1.82, 2.24) is 19.9 Å². The molecule has 1 aliphatic heterocycles. The van der Waals surface area contributed by atoms with E-state index in [0.717, 1.165) is 0 Å². The number of hydrogen-bond acceptors (Lipinski definition) is 6. The number of nitrogens with one attached hydrogen (secondary N) is 1. The Morgan fingerprint density at radius 2 is 2.10 bits per heavy atom. The summed E-state index contributed by atoms with van der Waals surface area (Å²) in [5.41, 5.74) is 3.19. The summed E-state index contributed by atoms with van der Waals surface area (Å²) >= 11 is 0. The first-order valence-electron chi connectivity index (χ1n) is 9.06. The predicted octanol–water partition coefficient (Wildman–Crippen LogP) is 3.49. The van der Waals surface area contributed by atoms with Gasteiger partial charge in [0.15, 0.2) is 17.3 Å². The Labute approximate surface area is 172 Å². The van der Waals surface area contributed by atoms with Gasteiger partial charge in [0.05, 0.1) is 60.8 Å². The third-order valence-electron chi connectivity index (χ3n) is 4.68. The van der Waals surface area contributed by atoms with E-state index in [0.29, 0.717) is 47.0 Å². The molecule has 150 valence electrons. The lowest BCUT2D eigenvalue weighted by atomic mass is 10.1. The smallest absolute Gasteiger partial charge is 0.288 e. The Kier molecular flexibility index (Phi) is 4.98. The van der Waals surface area contributed by atoms with Crippen LogP contribution in [0.1, 0.15) is 27.4 Å². The molecule has 8 nitrogen and oxygen atoms in total. The van der Waals surface area contributed by atoms with Gasteiger partial charge in [-0.3, -0.25) is 14.8 Å². The van der Waals surface area contributed by atoms with Gasteiger partial charge >= 0.3 is 0 Å². The van der Waals surface area contributed by atoms with Crippen molar-refractivity contribution in [3.8, 4) is 5.75 Å². The number of para-hydroxylation sites is 1. The predicted molar refractivity (Wildman–Crippen MR) is 107 cm³/mol. The summed E-state index contributed by atoms with van der Waals surface area (Å²) in [5.74, 6) is -0.426. The highest BCUT2D eigenvalue weighted by Gasteiger charge is 2.30. The largest absolute Gasteiger partial charge is 0.492 e. The number of anilines is 2. The van der Waals surface area contributed by atoms with Crippen molar-refractivity contribution >= 4 is 23.1 Å². The molecule has 0 saturated carbocycles. The van der Waals surface area contributed by atoms with Crippen LogP contribution in [0.3, 0.4) is 0 Å². The lowest BCUT2D eigenvalue weighted by Gasteiger charge is -2.15. The maximum atomic E-state index is 14.1. The van der Waals surface area contributed by atoms with Gasteiger partial charge in [0.1, 0.15) is 0 Å². The number of ether oxygens (including phenoxy) is 1. The monoisotopic (exact) mass is 404 g/mol. The number of carbonyl (C=O) groups excluding carboxylic acids is 1. The maximum absolute atomic E-state index is 14.1. The van der Waals surface area contributed by atoms with Crippen molar-refractivity contribution < 1.29 is 13.9 Å². The quantitative estimate of drug-likeness (QED) is 0.656. The zero-order chi connectivity index (χ0) is 21.3. The number of carbonyl (C=O) groups is 1. The molecule has 0 atom stereocenters. The number of rotatable bonds is 5. The molecule has 4 rings (SSSR count). The third kappa shape index (κ3) is 3.51. The van der Waals surface area contributed by atoms with Crippen molar-refractivity contribution in [1.29, 1.82) is 0 Å². The van der Waals surface area contributed by atoms with Crippen molar-refractivity contribution in [3.63, 3.8) is 0 Å². The van der Waals surface area contributed by atoms with Crippen molar-refractivity contribution in [2.45, 2.75) is 13.0 Å². The van der Waals surface area contributed by atoms with Crippen molar-refractivity contribution in [3.05, 3.63) is 76.5 Å². The van der Waals surface area contributed by atoms with Gasteiger partial charge in [-0.15, -0.1) is 4.98 Å². The molecule has 2 aromatic heterocycles. The SMILES string of the molecule is [C-]#[N+]c1cncc(Cc2cc(Nc3cccc(F)c3OC)c3c(n2)CN(C)C3=O)n1. The number of aromatic nitrogens is 3. The normalized spacial score (nSPS) is 12.5. The number of amides is 1. The number of methoxy groups -OCH3 is 1. The average molecular weight is 404 g/mol. The second-order valence-electron chi connectivity index (χ2n) is 6.75. The van der Waals surface area contributed by atoms with Gasteiger partial charge in [-0.25, -0.2) is 4.39 Å². The molecule has 0 unspecified atom stereocenters. The zero-order valence-corrected chi connectivity index (χ0v) is 16.3. The summed E-state index contributed by atoms with van der Waals surface area (Å²) in [7, 11) is 3.08. The Morgan fingerprint density at radius 1 is 1.27 bits per heavy atom. The molecule has 0 aliphatic carbocycles. The molecule has 0 saturated heterocycles. The fourth-order valence-corrected chi connectivity index (χ4v) is 3.36. The highest BCUT2D eigenvalue weighted by molar-refractivity contribution is 6.03. The molecular weight excluding hydrogens is 387 g/mol. The zero-order valence-electron chi connectivity index (χ0n) is 16.3. The minimum absolute atomic E-state index is 0.0547. The molecule has 0 fully saturated rings. The highest BCUT2D eigenvalue weighted by atomic mass is 19.1. The van der Waals surface area contributed by atoms with E-state index in [2.05, 4.69) is 25.1 Å². The minimum atomic E-state index is -0.511. The second-order valence-corrected chi connectivity index (χ2v) is 6.75. The van der Waals surface area contributed by atoms with E-state index in [1.807, 2.05) is 0 Å². The van der Waals surface area contributed by atoms with Crippen LogP contribution < -0.4 is 10.1 Å². The van der Waals surface area contributed by atoms with Crippen LogP contribution in [0.25, 0.3) is 4.85 Å². The van der Waals surface area contributed by atoms with Crippen molar-refractivity contribution in [2.24, 2.45) is 0 Å². The van der Waals surface area contributed by atoms with Gasteiger partial charge < -0.3 is 19.8 Å². The Hall–Kier alpha value is -4.06. The van der Waals surface area contributed by atoms with E-state index in [9.17, 15) is 9.18 Å². The molecule has 1 amide bonds. The van der Waals surface area contributed by atoms with Crippen LogP contribution in [0.4, 0.5) is 21.6 Å². The van der Waals surface area contributed by atoms with E-state index in [1.54, 1.807) is 36.3 Å². The lowest BCUT2D eigenvalue weighted by molar-refractivity contribution is 0.0817. The van der Waals surface area contributed by atoms with Crippen LogP contribution in [-0.2, 0) is 13.0 Å². The van der Waals surface area contributed by atoms with E-state index < -0.39 is 5.82 Å². The van der Waals surface area contributed by atoms with Gasteiger partial charge in [0.2, 0.25) is 0 Å². The van der Waals surface area contributed by atoms with Gasteiger partial charge in [-0.1, -0.05) is 12.6 Å². The molecule has 3 heterocycles. The molecule has 1 aromatic carbocycles. The van der Waals surface area contributed by atoms with Crippen LogP contribution in [-0.4, -0.2) is 39.9 Å². The van der Waals surface area contributed by atoms with Crippen LogP contribution in [0.5, 0.6) is 5.75 Å². The maximum Gasteiger partial charge on any atom is 0.288 e. The Bertz CT molecular complexity index is 1190. The standard InChI is InChI=1S/C21H17FN6O2/c1-23-18-10-24-9-13(26-18)7-12-8-16(19-17(25-12)11-28(2)21(19)29)27-15-6-4-5-14(22)20(15)30-3/h4-6,8-10H,7,11H2,2-3H3,(H,25,27). The first kappa shape index (κ1) is 19.3. The molecule has 1 N–H and O–H groups in total.